The van der Waals surface area contributed by atoms with Crippen molar-refractivity contribution >= 4 is 15.7 Å². The molecule has 6 heteroatoms. The van der Waals surface area contributed by atoms with Crippen LogP contribution in [0.4, 0.5) is 5.82 Å². The van der Waals surface area contributed by atoms with Crippen LogP contribution in [0.2, 0.25) is 0 Å². The summed E-state index contributed by atoms with van der Waals surface area (Å²) in [5.74, 6) is -0.364. The summed E-state index contributed by atoms with van der Waals surface area (Å²) < 4.78 is 26.1. The average molecular weight is 303 g/mol. The van der Waals surface area contributed by atoms with Crippen molar-refractivity contribution < 1.29 is 8.42 Å². The highest BCUT2D eigenvalue weighted by atomic mass is 32.2. The van der Waals surface area contributed by atoms with E-state index in [4.69, 9.17) is 11.0 Å². The summed E-state index contributed by atoms with van der Waals surface area (Å²) in [6.07, 6.45) is 0. The van der Waals surface area contributed by atoms with Crippen molar-refractivity contribution in [1.29, 1.82) is 5.26 Å². The summed E-state index contributed by atoms with van der Waals surface area (Å²) in [5, 5.41) is 8.68. The summed E-state index contributed by atoms with van der Waals surface area (Å²) in [4.78, 5) is 0.0810. The molecule has 1 aromatic carbocycles. The van der Waals surface area contributed by atoms with Gasteiger partial charge in [-0.1, -0.05) is 30.3 Å². The lowest BCUT2D eigenvalue weighted by molar-refractivity contribution is 0.599. The molecule has 0 aliphatic carbocycles. The molecule has 0 aliphatic rings. The Morgan fingerprint density at radius 2 is 1.86 bits per heavy atom. The molecule has 5 nitrogen and oxygen atoms in total. The van der Waals surface area contributed by atoms with Gasteiger partial charge in [0, 0.05) is 12.2 Å². The number of rotatable bonds is 4. The van der Waals surface area contributed by atoms with E-state index in [9.17, 15) is 8.42 Å². The lowest BCUT2D eigenvalue weighted by Gasteiger charge is -2.09. The number of nitriles is 1. The fourth-order valence-electron chi connectivity index (χ4n) is 2.38. The van der Waals surface area contributed by atoms with Gasteiger partial charge in [-0.2, -0.15) is 5.26 Å². The van der Waals surface area contributed by atoms with Crippen LogP contribution in [0, 0.1) is 25.2 Å². The maximum Gasteiger partial charge on any atom is 0.195 e. The Balaban J connectivity index is 2.54. The lowest BCUT2D eigenvalue weighted by Crippen LogP contribution is -2.10. The number of anilines is 1. The molecule has 0 saturated heterocycles. The van der Waals surface area contributed by atoms with Gasteiger partial charge in [0.2, 0.25) is 0 Å². The summed E-state index contributed by atoms with van der Waals surface area (Å²) >= 11 is 0. The van der Waals surface area contributed by atoms with Gasteiger partial charge in [0.1, 0.15) is 16.5 Å². The monoisotopic (exact) mass is 303 g/mol. The molecule has 0 unspecified atom stereocenters. The van der Waals surface area contributed by atoms with Gasteiger partial charge in [-0.25, -0.2) is 8.42 Å². The van der Waals surface area contributed by atoms with Crippen LogP contribution in [-0.2, 0) is 16.4 Å². The average Bonchev–Trinajstić information content (AvgIpc) is 2.64. The predicted molar refractivity (Wildman–Crippen MR) is 81.5 cm³/mol. The Morgan fingerprint density at radius 1 is 1.24 bits per heavy atom. The Kier molecular flexibility index (Phi) is 4.05. The van der Waals surface area contributed by atoms with Crippen LogP contribution >= 0.6 is 0 Å². The van der Waals surface area contributed by atoms with Crippen LogP contribution < -0.4 is 5.73 Å². The van der Waals surface area contributed by atoms with E-state index in [1.807, 2.05) is 37.3 Å². The van der Waals surface area contributed by atoms with E-state index in [0.717, 1.165) is 11.3 Å². The maximum absolute atomic E-state index is 12.2. The van der Waals surface area contributed by atoms with Crippen LogP contribution in [0.25, 0.3) is 0 Å². The molecule has 0 radical (unpaired) electrons. The molecule has 0 fully saturated rings. The first-order chi connectivity index (χ1) is 9.88. The third-order valence-electron chi connectivity index (χ3n) is 3.56. The van der Waals surface area contributed by atoms with Gasteiger partial charge in [0.15, 0.2) is 9.84 Å². The first-order valence-corrected chi connectivity index (χ1v) is 8.12. The zero-order chi connectivity index (χ0) is 15.6. The number of benzene rings is 1. The minimum atomic E-state index is -3.67. The second kappa shape index (κ2) is 5.62. The first-order valence-electron chi connectivity index (χ1n) is 6.47. The molecule has 0 amide bonds. The molecule has 1 heterocycles. The molecular weight excluding hydrogens is 286 g/mol. The van der Waals surface area contributed by atoms with Crippen LogP contribution in [0.3, 0.4) is 0 Å². The van der Waals surface area contributed by atoms with E-state index in [0.29, 0.717) is 12.1 Å². The standard InChI is InChI=1S/C15H17N3O2S/c1-11-12(2)18(10-13-6-4-3-5-7-13)15(17)14(11)21(19,20)9-8-16/h3-7H,9-10,17H2,1-2H3. The second-order valence-corrected chi connectivity index (χ2v) is 6.84. The minimum absolute atomic E-state index is 0.0810. The molecule has 110 valence electrons. The lowest BCUT2D eigenvalue weighted by atomic mass is 10.2. The molecule has 2 rings (SSSR count). The molecule has 0 atom stereocenters. The van der Waals surface area contributed by atoms with Crippen molar-refractivity contribution in [3.63, 3.8) is 0 Å². The zero-order valence-corrected chi connectivity index (χ0v) is 12.8. The van der Waals surface area contributed by atoms with Crippen molar-refractivity contribution in [2.24, 2.45) is 0 Å². The Bertz CT molecular complexity index is 800. The highest BCUT2D eigenvalue weighted by Gasteiger charge is 2.26. The van der Waals surface area contributed by atoms with Crippen molar-refractivity contribution in [3.05, 3.63) is 47.2 Å². The summed E-state index contributed by atoms with van der Waals surface area (Å²) in [7, 11) is -3.67. The Labute approximate surface area is 124 Å². The van der Waals surface area contributed by atoms with Gasteiger partial charge in [-0.15, -0.1) is 0 Å². The molecule has 21 heavy (non-hydrogen) atoms. The van der Waals surface area contributed by atoms with Gasteiger partial charge < -0.3 is 10.3 Å². The van der Waals surface area contributed by atoms with Gasteiger partial charge >= 0.3 is 0 Å². The van der Waals surface area contributed by atoms with Gasteiger partial charge in [-0.3, -0.25) is 0 Å². The summed E-state index contributed by atoms with van der Waals surface area (Å²) in [6.45, 7) is 4.05. The molecule has 0 aliphatic heterocycles. The third kappa shape index (κ3) is 2.78. The van der Waals surface area contributed by atoms with Gasteiger partial charge in [0.25, 0.3) is 0 Å². The predicted octanol–water partition coefficient (Wildman–Crippen LogP) is 2.03. The van der Waals surface area contributed by atoms with E-state index < -0.39 is 15.6 Å². The number of sulfone groups is 1. The smallest absolute Gasteiger partial charge is 0.195 e. The number of nitrogen functional groups attached to an aromatic ring is 1. The summed E-state index contributed by atoms with van der Waals surface area (Å²) in [5.41, 5.74) is 8.49. The quantitative estimate of drug-likeness (QED) is 0.936. The van der Waals surface area contributed by atoms with Gasteiger partial charge in [-0.05, 0) is 25.0 Å². The van der Waals surface area contributed by atoms with Crippen LogP contribution in [-0.4, -0.2) is 18.7 Å². The maximum atomic E-state index is 12.2. The number of hydrogen-bond acceptors (Lipinski definition) is 4. The fraction of sp³-hybridized carbons (Fsp3) is 0.267. The summed E-state index contributed by atoms with van der Waals surface area (Å²) in [6, 6.07) is 11.4. The number of aromatic nitrogens is 1. The molecule has 2 aromatic rings. The minimum Gasteiger partial charge on any atom is -0.384 e. The number of nitrogens with zero attached hydrogens (tertiary/aromatic N) is 2. The Hall–Kier alpha value is -2.26. The molecule has 0 saturated carbocycles. The second-order valence-electron chi connectivity index (χ2n) is 4.91. The van der Waals surface area contributed by atoms with E-state index >= 15 is 0 Å². The van der Waals surface area contributed by atoms with E-state index in [-0.39, 0.29) is 10.7 Å². The SMILES string of the molecule is Cc1c(S(=O)(=O)CC#N)c(N)n(Cc2ccccc2)c1C. The highest BCUT2D eigenvalue weighted by Crippen LogP contribution is 2.30. The fourth-order valence-corrected chi connectivity index (χ4v) is 3.74. The van der Waals surface area contributed by atoms with Crippen molar-refractivity contribution in [1.82, 2.24) is 4.57 Å². The number of hydrogen-bond donors (Lipinski definition) is 1. The zero-order valence-electron chi connectivity index (χ0n) is 12.0. The highest BCUT2D eigenvalue weighted by molar-refractivity contribution is 7.91. The first kappa shape index (κ1) is 15.1. The van der Waals surface area contributed by atoms with Gasteiger partial charge in [0.05, 0.1) is 6.07 Å². The molecule has 1 aromatic heterocycles. The molecule has 2 N–H and O–H groups in total. The molecule has 0 spiro atoms. The van der Waals surface area contributed by atoms with Crippen LogP contribution in [0.5, 0.6) is 0 Å². The van der Waals surface area contributed by atoms with E-state index in [2.05, 4.69) is 0 Å². The largest absolute Gasteiger partial charge is 0.384 e. The van der Waals surface area contributed by atoms with Crippen LogP contribution in [0.15, 0.2) is 35.2 Å². The van der Waals surface area contributed by atoms with Crippen molar-refractivity contribution in [3.8, 4) is 6.07 Å². The third-order valence-corrected chi connectivity index (χ3v) is 5.21. The molecule has 0 bridgehead atoms. The number of nitrogens with two attached hydrogens (primary N) is 1. The topological polar surface area (TPSA) is 88.9 Å². The molecular formula is C15H17N3O2S. The van der Waals surface area contributed by atoms with E-state index in [1.54, 1.807) is 17.6 Å². The van der Waals surface area contributed by atoms with Crippen molar-refractivity contribution in [2.75, 3.05) is 11.5 Å². The normalized spacial score (nSPS) is 11.3. The van der Waals surface area contributed by atoms with Crippen LogP contribution in [0.1, 0.15) is 16.8 Å². The van der Waals surface area contributed by atoms with Crippen molar-refractivity contribution in [2.45, 2.75) is 25.3 Å². The van der Waals surface area contributed by atoms with E-state index in [1.165, 1.54) is 0 Å². The Morgan fingerprint density at radius 3 is 2.43 bits per heavy atom.